The van der Waals surface area contributed by atoms with Crippen molar-refractivity contribution in [3.8, 4) is 11.5 Å². The molecule has 3 heterocycles. The maximum Gasteiger partial charge on any atom is 0.418 e. The van der Waals surface area contributed by atoms with E-state index in [4.69, 9.17) is 9.47 Å². The number of carbonyl (C=O) groups is 3. The zero-order valence-electron chi connectivity index (χ0n) is 21.4. The Labute approximate surface area is 227 Å². The molecule has 0 aromatic heterocycles. The number of amides is 2. The molecule has 0 radical (unpaired) electrons. The zero-order chi connectivity index (χ0) is 28.3. The number of rotatable bonds is 5. The monoisotopic (exact) mass is 548 g/mol. The second-order valence-corrected chi connectivity index (χ2v) is 9.79. The van der Waals surface area contributed by atoms with Crippen molar-refractivity contribution in [3.05, 3.63) is 95.2 Å². The summed E-state index contributed by atoms with van der Waals surface area (Å²) in [4.78, 5) is 44.4. The van der Waals surface area contributed by atoms with E-state index in [0.29, 0.717) is 16.4 Å². The molecule has 3 aromatic rings. The van der Waals surface area contributed by atoms with Crippen molar-refractivity contribution < 1.29 is 37.0 Å². The number of alkyl halides is 3. The van der Waals surface area contributed by atoms with Crippen LogP contribution in [0.15, 0.2) is 72.9 Å². The fourth-order valence-electron chi connectivity index (χ4n) is 6.16. The van der Waals surface area contributed by atoms with Crippen molar-refractivity contribution in [2.24, 2.45) is 11.8 Å². The molecule has 3 aliphatic rings. The molecular weight excluding hydrogens is 525 g/mol. The number of methoxy groups -OCH3 is 2. The maximum absolute atomic E-state index is 14.1. The second kappa shape index (κ2) is 9.25. The summed E-state index contributed by atoms with van der Waals surface area (Å²) >= 11 is 0. The standard InChI is InChI=1S/C30H23F3N2O5/c1-39-21-12-11-17(15-22(21)40-2)27(36)26-24-23(25-18-8-4-3-7-16(18)13-14-34(25)26)28(37)35(29(24)38)20-10-6-5-9-19(20)30(31,32)33/h3-15,23-26H,1-2H3/t23-,24-,25-,26+/m1/s1. The molecule has 40 heavy (non-hydrogen) atoms. The lowest BCUT2D eigenvalue weighted by molar-refractivity contribution is -0.137. The highest BCUT2D eigenvalue weighted by atomic mass is 19.4. The number of imide groups is 1. The number of hydrogen-bond acceptors (Lipinski definition) is 6. The third kappa shape index (κ3) is 3.70. The third-order valence-corrected chi connectivity index (χ3v) is 7.85. The summed E-state index contributed by atoms with van der Waals surface area (Å²) in [6.45, 7) is 0. The fraction of sp³-hybridized carbons (Fsp3) is 0.233. The molecule has 3 aliphatic heterocycles. The predicted molar refractivity (Wildman–Crippen MR) is 139 cm³/mol. The van der Waals surface area contributed by atoms with Crippen molar-refractivity contribution in [3.63, 3.8) is 0 Å². The van der Waals surface area contributed by atoms with Crippen LogP contribution < -0.4 is 14.4 Å². The van der Waals surface area contributed by atoms with E-state index in [1.54, 1.807) is 35.4 Å². The van der Waals surface area contributed by atoms with Crippen LogP contribution >= 0.6 is 0 Å². The first-order valence-corrected chi connectivity index (χ1v) is 12.5. The van der Waals surface area contributed by atoms with Crippen LogP contribution in [0.3, 0.4) is 0 Å². The predicted octanol–water partition coefficient (Wildman–Crippen LogP) is 5.12. The molecular formula is C30H23F3N2O5. The number of nitrogens with zero attached hydrogens (tertiary/aromatic N) is 2. The number of fused-ring (bicyclic) bond motifs is 5. The summed E-state index contributed by atoms with van der Waals surface area (Å²) in [6, 6.07) is 14.5. The summed E-state index contributed by atoms with van der Waals surface area (Å²) in [6.07, 6.45) is -1.31. The van der Waals surface area contributed by atoms with Crippen LogP contribution in [-0.4, -0.2) is 42.8 Å². The molecule has 0 bridgehead atoms. The van der Waals surface area contributed by atoms with Gasteiger partial charge in [0, 0.05) is 11.8 Å². The molecule has 2 saturated heterocycles. The normalized spacial score (nSPS) is 23.1. The van der Waals surface area contributed by atoms with Gasteiger partial charge in [-0.1, -0.05) is 36.4 Å². The van der Waals surface area contributed by atoms with E-state index < -0.39 is 58.9 Å². The highest BCUT2D eigenvalue weighted by Crippen LogP contribution is 2.54. The molecule has 2 fully saturated rings. The number of halogens is 3. The SMILES string of the molecule is COc1ccc(C(=O)[C@@H]2[C@@H]3C(=O)N(c4ccccc4C(F)(F)F)C(=O)[C@H]3[C@H]3c4ccccc4C=CN23)cc1OC. The van der Waals surface area contributed by atoms with Crippen molar-refractivity contribution in [1.29, 1.82) is 0 Å². The summed E-state index contributed by atoms with van der Waals surface area (Å²) in [5.41, 5.74) is 0.0951. The summed E-state index contributed by atoms with van der Waals surface area (Å²) in [5, 5.41) is 0. The van der Waals surface area contributed by atoms with Crippen LogP contribution in [0, 0.1) is 11.8 Å². The fourth-order valence-corrected chi connectivity index (χ4v) is 6.16. The number of ketones is 1. The highest BCUT2D eigenvalue weighted by Gasteiger charge is 2.65. The first kappa shape index (κ1) is 25.7. The van der Waals surface area contributed by atoms with E-state index >= 15 is 0 Å². The molecule has 204 valence electrons. The lowest BCUT2D eigenvalue weighted by Crippen LogP contribution is -2.44. The molecule has 6 rings (SSSR count). The Hall–Kier alpha value is -4.60. The van der Waals surface area contributed by atoms with Crippen LogP contribution in [0.2, 0.25) is 0 Å². The Morgan fingerprint density at radius 1 is 0.850 bits per heavy atom. The van der Waals surface area contributed by atoms with Gasteiger partial charge in [0.1, 0.15) is 6.04 Å². The summed E-state index contributed by atoms with van der Waals surface area (Å²) in [7, 11) is 2.88. The minimum atomic E-state index is -4.80. The second-order valence-electron chi connectivity index (χ2n) is 9.79. The average molecular weight is 549 g/mol. The molecule has 10 heteroatoms. The molecule has 3 aromatic carbocycles. The van der Waals surface area contributed by atoms with E-state index in [9.17, 15) is 27.6 Å². The Bertz CT molecular complexity index is 1580. The Morgan fingerprint density at radius 2 is 1.52 bits per heavy atom. The van der Waals surface area contributed by atoms with Gasteiger partial charge in [-0.3, -0.25) is 14.4 Å². The van der Waals surface area contributed by atoms with Crippen LogP contribution in [-0.2, 0) is 15.8 Å². The van der Waals surface area contributed by atoms with Crippen LogP contribution in [0.5, 0.6) is 11.5 Å². The maximum atomic E-state index is 14.1. The smallest absolute Gasteiger partial charge is 0.418 e. The number of benzene rings is 3. The number of ether oxygens (including phenoxy) is 2. The summed E-state index contributed by atoms with van der Waals surface area (Å²) in [5.74, 6) is -3.66. The third-order valence-electron chi connectivity index (χ3n) is 7.85. The van der Waals surface area contributed by atoms with Gasteiger partial charge < -0.3 is 14.4 Å². The average Bonchev–Trinajstić information content (AvgIpc) is 3.43. The summed E-state index contributed by atoms with van der Waals surface area (Å²) < 4.78 is 52.4. The van der Waals surface area contributed by atoms with E-state index in [0.717, 1.165) is 23.3 Å². The molecule has 7 nitrogen and oxygen atoms in total. The Morgan fingerprint density at radius 3 is 2.25 bits per heavy atom. The Kier molecular flexibility index (Phi) is 5.94. The zero-order valence-corrected chi connectivity index (χ0v) is 21.4. The quantitative estimate of drug-likeness (QED) is 0.326. The minimum Gasteiger partial charge on any atom is -0.493 e. The molecule has 0 unspecified atom stereocenters. The first-order chi connectivity index (χ1) is 19.2. The molecule has 0 N–H and O–H groups in total. The minimum absolute atomic E-state index is 0.212. The van der Waals surface area contributed by atoms with Gasteiger partial charge in [-0.25, -0.2) is 4.90 Å². The number of Topliss-reactive ketones (excluding diaryl/α,β-unsaturated/α-hetero) is 1. The van der Waals surface area contributed by atoms with Gasteiger partial charge >= 0.3 is 6.18 Å². The van der Waals surface area contributed by atoms with Gasteiger partial charge in [-0.2, -0.15) is 13.2 Å². The number of anilines is 1. The first-order valence-electron chi connectivity index (χ1n) is 12.5. The lowest BCUT2D eigenvalue weighted by atomic mass is 9.83. The molecule has 0 aliphatic carbocycles. The van der Waals surface area contributed by atoms with Crippen LogP contribution in [0.25, 0.3) is 6.08 Å². The van der Waals surface area contributed by atoms with Crippen molar-refractivity contribution >= 4 is 29.4 Å². The van der Waals surface area contributed by atoms with E-state index in [-0.39, 0.29) is 5.56 Å². The van der Waals surface area contributed by atoms with Crippen molar-refractivity contribution in [2.45, 2.75) is 18.3 Å². The van der Waals surface area contributed by atoms with Gasteiger partial charge in [0.2, 0.25) is 11.8 Å². The van der Waals surface area contributed by atoms with Gasteiger partial charge in [0.05, 0.1) is 43.3 Å². The van der Waals surface area contributed by atoms with E-state index in [2.05, 4.69) is 0 Å². The van der Waals surface area contributed by atoms with Gasteiger partial charge in [0.25, 0.3) is 0 Å². The van der Waals surface area contributed by atoms with Gasteiger partial charge in [0.15, 0.2) is 17.3 Å². The van der Waals surface area contributed by atoms with Gasteiger partial charge in [-0.05, 0) is 47.5 Å². The molecule has 0 saturated carbocycles. The lowest BCUT2D eigenvalue weighted by Gasteiger charge is -2.35. The van der Waals surface area contributed by atoms with Crippen LogP contribution in [0.1, 0.15) is 33.1 Å². The number of carbonyl (C=O) groups excluding carboxylic acids is 3. The molecule has 0 spiro atoms. The topological polar surface area (TPSA) is 76.2 Å². The van der Waals surface area contributed by atoms with Crippen LogP contribution in [0.4, 0.5) is 18.9 Å². The van der Waals surface area contributed by atoms with Gasteiger partial charge in [-0.15, -0.1) is 0 Å². The van der Waals surface area contributed by atoms with E-state index in [1.165, 1.54) is 38.5 Å². The Balaban J connectivity index is 1.50. The number of hydrogen-bond donors (Lipinski definition) is 0. The highest BCUT2D eigenvalue weighted by molar-refractivity contribution is 6.25. The molecule has 4 atom stereocenters. The number of para-hydroxylation sites is 1. The van der Waals surface area contributed by atoms with Crippen molar-refractivity contribution in [2.75, 3.05) is 19.1 Å². The van der Waals surface area contributed by atoms with E-state index in [1.807, 2.05) is 12.1 Å². The molecule has 2 amide bonds. The van der Waals surface area contributed by atoms with Crippen molar-refractivity contribution in [1.82, 2.24) is 4.90 Å². The largest absolute Gasteiger partial charge is 0.493 e.